The van der Waals surface area contributed by atoms with E-state index in [-0.39, 0.29) is 35.6 Å². The van der Waals surface area contributed by atoms with E-state index in [1.54, 1.807) is 3.21 Å². The minimum atomic E-state index is 0. The molecule has 0 N–H and O–H groups in total. The van der Waals surface area contributed by atoms with Crippen molar-refractivity contribution >= 4 is 24.8 Å². The van der Waals surface area contributed by atoms with Gasteiger partial charge in [-0.2, -0.15) is 29.8 Å². The maximum atomic E-state index is 3.67. The minimum absolute atomic E-state index is 0. The van der Waals surface area contributed by atoms with Crippen LogP contribution in [-0.4, -0.2) is 3.21 Å². The Hall–Kier alpha value is -3.35. The van der Waals surface area contributed by atoms with E-state index < -0.39 is 0 Å². The van der Waals surface area contributed by atoms with E-state index >= 15 is 0 Å². The molecule has 0 saturated carbocycles. The summed E-state index contributed by atoms with van der Waals surface area (Å²) in [7, 11) is 0. The average Bonchev–Trinajstić information content (AvgIpc) is 3.80. The van der Waals surface area contributed by atoms with Gasteiger partial charge in [0.1, 0.15) is 0 Å². The number of benzene rings is 6. The van der Waals surface area contributed by atoms with Gasteiger partial charge in [-0.15, -0.1) is 17.5 Å². The molecule has 8 rings (SSSR count). The average molecular weight is 799 g/mol. The standard InChI is InChI=1S/C23H18.C21H25.C5H5.2ClH.Zr/c1-3-16-22-18(8-1)10-5-12-20(22)14-7-15-21-13-6-11-19-9-2-4-17-23(19)21;1-20(2,3)16-7-9-18-14(12-16)11-15-13-17(21(4,5)6)8-10-19(15)18;1-2-4-5-3-1;;;/h1-6,8-13,16-17H,14-15H2;7-10,12H,11H2,1-6H3;1-3H,4H2;2*1H;/q;2*-1;;;+2/p-2. The monoisotopic (exact) mass is 796 g/mol. The number of halogens is 2. The Bertz CT molecular complexity index is 2040. The molecule has 52 heavy (non-hydrogen) atoms. The van der Waals surface area contributed by atoms with Crippen LogP contribution in [0, 0.1) is 12.1 Å². The molecular formula is C49H48Cl2Zr-2. The second-order valence-electron chi connectivity index (χ2n) is 15.5. The third-order valence-electron chi connectivity index (χ3n) is 9.62. The summed E-state index contributed by atoms with van der Waals surface area (Å²) in [6.07, 6.45) is 13.2. The quantitative estimate of drug-likeness (QED) is 0.180. The van der Waals surface area contributed by atoms with Gasteiger partial charge in [0, 0.05) is 0 Å². The molecule has 0 atom stereocenters. The van der Waals surface area contributed by atoms with E-state index in [4.69, 9.17) is 0 Å². The van der Waals surface area contributed by atoms with E-state index in [1.807, 2.05) is 12.2 Å². The van der Waals surface area contributed by atoms with Gasteiger partial charge in [0.2, 0.25) is 0 Å². The molecule has 3 heteroatoms. The SMILES string of the molecule is CC(C)(C)c1[c-]c2c(cc1)-c1ccc(C(C)(C)C)cc1C2.[C-]1=CC=CC1.[Cl-].[Cl-].[Zr+2]=[C](Cc1cccc2ccccc12)Cc1cccc2ccccc12. The Morgan fingerprint density at radius 1 is 0.635 bits per heavy atom. The summed E-state index contributed by atoms with van der Waals surface area (Å²) >= 11 is 1.53. The van der Waals surface area contributed by atoms with Gasteiger partial charge in [-0.1, -0.05) is 65.3 Å². The molecule has 6 aromatic rings. The topological polar surface area (TPSA) is 0 Å². The predicted octanol–water partition coefficient (Wildman–Crippen LogP) is 6.46. The van der Waals surface area contributed by atoms with E-state index in [9.17, 15) is 0 Å². The van der Waals surface area contributed by atoms with Crippen LogP contribution in [0.25, 0.3) is 32.7 Å². The molecule has 0 aliphatic heterocycles. The second-order valence-corrected chi connectivity index (χ2v) is 17.3. The Morgan fingerprint density at radius 2 is 1.19 bits per heavy atom. The Balaban J connectivity index is 0.000000199. The van der Waals surface area contributed by atoms with Gasteiger partial charge < -0.3 is 24.8 Å². The second kappa shape index (κ2) is 18.1. The van der Waals surface area contributed by atoms with E-state index in [0.717, 1.165) is 25.7 Å². The van der Waals surface area contributed by atoms with Crippen molar-refractivity contribution in [1.29, 1.82) is 0 Å². The number of fused-ring (bicyclic) bond motifs is 5. The number of hydrogen-bond acceptors (Lipinski definition) is 0. The molecule has 0 nitrogen and oxygen atoms in total. The van der Waals surface area contributed by atoms with Crippen molar-refractivity contribution in [2.75, 3.05) is 0 Å². The molecule has 0 unspecified atom stereocenters. The van der Waals surface area contributed by atoms with Crippen LogP contribution in [0.2, 0.25) is 0 Å². The van der Waals surface area contributed by atoms with Gasteiger partial charge in [-0.3, -0.25) is 6.08 Å². The van der Waals surface area contributed by atoms with E-state index in [1.165, 1.54) is 90.3 Å². The predicted molar refractivity (Wildman–Crippen MR) is 213 cm³/mol. The Labute approximate surface area is 339 Å². The first kappa shape index (κ1) is 41.4. The van der Waals surface area contributed by atoms with Gasteiger partial charge >= 0.3 is 158 Å². The zero-order chi connectivity index (χ0) is 35.3. The third-order valence-corrected chi connectivity index (χ3v) is 10.5. The molecular weight excluding hydrogens is 751 g/mol. The first-order valence-corrected chi connectivity index (χ1v) is 19.1. The molecule has 0 aromatic heterocycles. The van der Waals surface area contributed by atoms with Gasteiger partial charge in [0.05, 0.1) is 0 Å². The normalized spacial score (nSPS) is 12.5. The van der Waals surface area contributed by atoms with Crippen LogP contribution in [0.4, 0.5) is 0 Å². The van der Waals surface area contributed by atoms with Crippen LogP contribution in [-0.2, 0) is 54.3 Å². The number of hydrogen-bond donors (Lipinski definition) is 0. The first-order valence-electron chi connectivity index (χ1n) is 17.9. The zero-order valence-corrected chi connectivity index (χ0v) is 35.3. The molecule has 0 radical (unpaired) electrons. The van der Waals surface area contributed by atoms with Crippen molar-refractivity contribution in [3.8, 4) is 11.1 Å². The van der Waals surface area contributed by atoms with Gasteiger partial charge in [-0.05, 0) is 28.4 Å². The zero-order valence-electron chi connectivity index (χ0n) is 31.3. The summed E-state index contributed by atoms with van der Waals surface area (Å²) in [4.78, 5) is 0. The van der Waals surface area contributed by atoms with Crippen molar-refractivity contribution in [2.45, 2.75) is 78.1 Å². The third kappa shape index (κ3) is 10.2. The molecule has 264 valence electrons. The van der Waals surface area contributed by atoms with Gasteiger partial charge in [-0.25, -0.2) is 12.2 Å². The summed E-state index contributed by atoms with van der Waals surface area (Å²) in [6, 6.07) is 45.9. The molecule has 0 heterocycles. The summed E-state index contributed by atoms with van der Waals surface area (Å²) in [6.45, 7) is 13.6. The molecule has 6 aromatic carbocycles. The van der Waals surface area contributed by atoms with E-state index in [0.29, 0.717) is 0 Å². The molecule has 0 spiro atoms. The molecule has 2 aliphatic rings. The van der Waals surface area contributed by atoms with Crippen molar-refractivity contribution in [3.05, 3.63) is 179 Å². The van der Waals surface area contributed by atoms with Crippen LogP contribution < -0.4 is 24.8 Å². The van der Waals surface area contributed by atoms with E-state index in [2.05, 4.69) is 175 Å². The summed E-state index contributed by atoms with van der Waals surface area (Å²) in [5.74, 6) is 0. The molecule has 0 fully saturated rings. The summed E-state index contributed by atoms with van der Waals surface area (Å²) in [5.41, 5.74) is 11.6. The molecule has 0 bridgehead atoms. The van der Waals surface area contributed by atoms with Crippen LogP contribution in [0.5, 0.6) is 0 Å². The fourth-order valence-electron chi connectivity index (χ4n) is 6.78. The number of allylic oxidation sites excluding steroid dienone is 4. The summed E-state index contributed by atoms with van der Waals surface area (Å²) < 4.78 is 1.59. The van der Waals surface area contributed by atoms with Crippen LogP contribution >= 0.6 is 0 Å². The van der Waals surface area contributed by atoms with Crippen molar-refractivity contribution < 1.29 is 49.0 Å². The van der Waals surface area contributed by atoms with Crippen LogP contribution in [0.1, 0.15) is 81.3 Å². The first-order chi connectivity index (χ1) is 24.0. The van der Waals surface area contributed by atoms with Crippen molar-refractivity contribution in [1.82, 2.24) is 0 Å². The number of rotatable bonds is 4. The van der Waals surface area contributed by atoms with Gasteiger partial charge in [0.25, 0.3) is 0 Å². The van der Waals surface area contributed by atoms with Crippen LogP contribution in [0.3, 0.4) is 0 Å². The fraction of sp³-hybridized carbons (Fsp3) is 0.245. The van der Waals surface area contributed by atoms with Crippen molar-refractivity contribution in [2.24, 2.45) is 0 Å². The molecule has 0 saturated heterocycles. The Kier molecular flexibility index (Phi) is 14.4. The molecule has 2 aliphatic carbocycles. The van der Waals surface area contributed by atoms with Crippen LogP contribution in [0.15, 0.2) is 133 Å². The van der Waals surface area contributed by atoms with Gasteiger partial charge in [0.15, 0.2) is 0 Å². The van der Waals surface area contributed by atoms with Crippen molar-refractivity contribution in [3.63, 3.8) is 0 Å². The maximum absolute atomic E-state index is 3.67. The summed E-state index contributed by atoms with van der Waals surface area (Å²) in [5, 5.41) is 5.45. The Morgan fingerprint density at radius 3 is 1.69 bits per heavy atom. The fourth-order valence-corrected chi connectivity index (χ4v) is 7.72. The molecule has 0 amide bonds.